The fourth-order valence-corrected chi connectivity index (χ4v) is 4.19. The number of aromatic nitrogens is 2. The second-order valence-electron chi connectivity index (χ2n) is 6.25. The molecule has 1 aliphatic rings. The lowest BCUT2D eigenvalue weighted by Gasteiger charge is -2.24. The Labute approximate surface area is 128 Å². The molecular formula is C13H20BrN3O2S. The summed E-state index contributed by atoms with van der Waals surface area (Å²) in [5.41, 5.74) is -0.154. The summed E-state index contributed by atoms with van der Waals surface area (Å²) in [6, 6.07) is 1.72. The summed E-state index contributed by atoms with van der Waals surface area (Å²) in [5, 5.41) is 3.23. The van der Waals surface area contributed by atoms with Gasteiger partial charge >= 0.3 is 0 Å². The quantitative estimate of drug-likeness (QED) is 0.819. The third kappa shape index (κ3) is 4.15. The van der Waals surface area contributed by atoms with Gasteiger partial charge in [0.1, 0.15) is 16.2 Å². The number of halogens is 1. The van der Waals surface area contributed by atoms with Crippen LogP contribution in [0.1, 0.15) is 39.4 Å². The van der Waals surface area contributed by atoms with Gasteiger partial charge in [0.25, 0.3) is 0 Å². The van der Waals surface area contributed by atoms with E-state index in [1.54, 1.807) is 6.07 Å². The van der Waals surface area contributed by atoms with E-state index in [1.165, 1.54) is 0 Å². The largest absolute Gasteiger partial charge is 0.366 e. The predicted molar refractivity (Wildman–Crippen MR) is 83.7 cm³/mol. The first-order valence-electron chi connectivity index (χ1n) is 6.68. The number of hydrogen-bond acceptors (Lipinski definition) is 5. The Bertz CT molecular complexity index is 596. The smallest absolute Gasteiger partial charge is 0.152 e. The number of anilines is 1. The highest BCUT2D eigenvalue weighted by molar-refractivity contribution is 9.10. The van der Waals surface area contributed by atoms with E-state index in [-0.39, 0.29) is 17.2 Å². The van der Waals surface area contributed by atoms with Crippen molar-refractivity contribution >= 4 is 31.6 Å². The average Bonchev–Trinajstić information content (AvgIpc) is 2.25. The van der Waals surface area contributed by atoms with Gasteiger partial charge in [0.05, 0.1) is 11.5 Å². The molecule has 1 aromatic rings. The Kier molecular flexibility index (Phi) is 4.39. The van der Waals surface area contributed by atoms with Crippen LogP contribution in [0.25, 0.3) is 0 Å². The van der Waals surface area contributed by atoms with Crippen LogP contribution in [0.2, 0.25) is 0 Å². The highest BCUT2D eigenvalue weighted by Crippen LogP contribution is 2.24. The van der Waals surface area contributed by atoms with E-state index in [0.29, 0.717) is 22.6 Å². The minimum Gasteiger partial charge on any atom is -0.366 e. The van der Waals surface area contributed by atoms with Gasteiger partial charge in [-0.25, -0.2) is 18.4 Å². The molecule has 20 heavy (non-hydrogen) atoms. The van der Waals surface area contributed by atoms with Crippen LogP contribution < -0.4 is 5.32 Å². The summed E-state index contributed by atoms with van der Waals surface area (Å²) in [7, 11) is -2.92. The Morgan fingerprint density at radius 1 is 1.35 bits per heavy atom. The zero-order chi connectivity index (χ0) is 15.0. The third-order valence-electron chi connectivity index (χ3n) is 3.18. The zero-order valence-corrected chi connectivity index (χ0v) is 14.4. The van der Waals surface area contributed by atoms with E-state index >= 15 is 0 Å². The van der Waals surface area contributed by atoms with Crippen LogP contribution in [-0.2, 0) is 15.3 Å². The lowest BCUT2D eigenvalue weighted by atomic mass is 9.96. The minimum atomic E-state index is -2.92. The van der Waals surface area contributed by atoms with Gasteiger partial charge in [0.2, 0.25) is 0 Å². The molecule has 2 rings (SSSR count). The van der Waals surface area contributed by atoms with E-state index in [9.17, 15) is 8.42 Å². The lowest BCUT2D eigenvalue weighted by Crippen LogP contribution is -2.35. The van der Waals surface area contributed by atoms with E-state index in [4.69, 9.17) is 0 Å². The molecular weight excluding hydrogens is 342 g/mol. The first kappa shape index (κ1) is 15.7. The zero-order valence-electron chi connectivity index (χ0n) is 12.0. The summed E-state index contributed by atoms with van der Waals surface area (Å²) in [5.74, 6) is 1.89. The Morgan fingerprint density at radius 3 is 2.65 bits per heavy atom. The van der Waals surface area contributed by atoms with Crippen molar-refractivity contribution in [2.24, 2.45) is 0 Å². The predicted octanol–water partition coefficient (Wildman–Crippen LogP) is 2.53. The first-order chi connectivity index (χ1) is 9.16. The maximum atomic E-state index is 11.7. The molecule has 0 radical (unpaired) electrons. The molecule has 112 valence electrons. The molecule has 0 bridgehead atoms. The van der Waals surface area contributed by atoms with E-state index in [1.807, 2.05) is 20.8 Å². The van der Waals surface area contributed by atoms with Gasteiger partial charge in [-0.05, 0) is 28.8 Å². The van der Waals surface area contributed by atoms with Crippen molar-refractivity contribution in [1.29, 1.82) is 0 Å². The summed E-state index contributed by atoms with van der Waals surface area (Å²) in [4.78, 5) is 8.87. The molecule has 1 fully saturated rings. The van der Waals surface area contributed by atoms with Crippen LogP contribution >= 0.6 is 15.9 Å². The van der Waals surface area contributed by atoms with Gasteiger partial charge in [0, 0.05) is 17.5 Å². The minimum absolute atomic E-state index is 0.0663. The number of nitrogens with zero attached hydrogens (tertiary/aromatic N) is 2. The molecule has 1 saturated heterocycles. The highest BCUT2D eigenvalue weighted by atomic mass is 79.9. The summed E-state index contributed by atoms with van der Waals surface area (Å²) < 4.78 is 24.0. The second-order valence-corrected chi connectivity index (χ2v) is 9.29. The molecule has 7 heteroatoms. The fourth-order valence-electron chi connectivity index (χ4n) is 2.17. The summed E-state index contributed by atoms with van der Waals surface area (Å²) in [6.07, 6.45) is 1.56. The van der Waals surface area contributed by atoms with Crippen LogP contribution in [0.3, 0.4) is 0 Å². The molecule has 0 spiro atoms. The van der Waals surface area contributed by atoms with E-state index < -0.39 is 9.84 Å². The van der Waals surface area contributed by atoms with Crippen LogP contribution in [-0.4, -0.2) is 35.9 Å². The molecule has 1 atom stereocenters. The van der Waals surface area contributed by atoms with Gasteiger partial charge < -0.3 is 5.32 Å². The summed E-state index contributed by atoms with van der Waals surface area (Å²) >= 11 is 3.38. The molecule has 1 unspecified atom stereocenters. The van der Waals surface area contributed by atoms with Gasteiger partial charge in [-0.2, -0.15) is 0 Å². The van der Waals surface area contributed by atoms with Gasteiger partial charge in [0.15, 0.2) is 9.84 Å². The fraction of sp³-hybridized carbons (Fsp3) is 0.692. The molecule has 0 amide bonds. The molecule has 1 N–H and O–H groups in total. The van der Waals surface area contributed by atoms with Gasteiger partial charge in [-0.1, -0.05) is 20.8 Å². The van der Waals surface area contributed by atoms with Gasteiger partial charge in [-0.3, -0.25) is 0 Å². The topological polar surface area (TPSA) is 72.0 Å². The molecule has 0 saturated carbocycles. The van der Waals surface area contributed by atoms with Crippen molar-refractivity contribution in [3.05, 3.63) is 16.5 Å². The molecule has 5 nitrogen and oxygen atoms in total. The monoisotopic (exact) mass is 361 g/mol. The Morgan fingerprint density at radius 2 is 2.05 bits per heavy atom. The Hall–Kier alpha value is -0.690. The van der Waals surface area contributed by atoms with Crippen LogP contribution in [0, 0.1) is 0 Å². The lowest BCUT2D eigenvalue weighted by molar-refractivity contribution is 0.541. The van der Waals surface area contributed by atoms with Crippen LogP contribution in [0.4, 0.5) is 5.82 Å². The maximum absolute atomic E-state index is 11.7. The third-order valence-corrected chi connectivity index (χ3v) is 5.41. The van der Waals surface area contributed by atoms with Crippen molar-refractivity contribution in [1.82, 2.24) is 9.97 Å². The van der Waals surface area contributed by atoms with Crippen LogP contribution in [0.15, 0.2) is 10.7 Å². The second kappa shape index (κ2) is 5.60. The average molecular weight is 362 g/mol. The summed E-state index contributed by atoms with van der Waals surface area (Å²) in [6.45, 7) is 6.14. The van der Waals surface area contributed by atoms with Crippen LogP contribution in [0.5, 0.6) is 0 Å². The van der Waals surface area contributed by atoms with Crippen molar-refractivity contribution in [3.63, 3.8) is 0 Å². The van der Waals surface area contributed by atoms with Crippen molar-refractivity contribution in [2.45, 2.75) is 45.1 Å². The molecule has 0 aliphatic carbocycles. The molecule has 1 aromatic heterocycles. The van der Waals surface area contributed by atoms with Crippen molar-refractivity contribution in [3.8, 4) is 0 Å². The molecule has 1 aliphatic heterocycles. The van der Waals surface area contributed by atoms with Gasteiger partial charge in [-0.15, -0.1) is 0 Å². The van der Waals surface area contributed by atoms with Crippen molar-refractivity contribution < 1.29 is 8.42 Å². The number of hydrogen-bond donors (Lipinski definition) is 1. The first-order valence-corrected chi connectivity index (χ1v) is 9.29. The normalized spacial score (nSPS) is 22.5. The Balaban J connectivity index is 2.19. The van der Waals surface area contributed by atoms with Crippen molar-refractivity contribution in [2.75, 3.05) is 16.8 Å². The maximum Gasteiger partial charge on any atom is 0.152 e. The number of nitrogens with one attached hydrogen (secondary N) is 1. The standard InChI is InChI=1S/C13H20BrN3O2S/c1-13(2,3)12-16-10(14)7-11(17-12)15-9-5-4-6-20(18,19)8-9/h7,9H,4-6,8H2,1-3H3,(H,15,16,17). The molecule has 0 aromatic carbocycles. The van der Waals surface area contributed by atoms with E-state index in [0.717, 1.165) is 12.2 Å². The highest BCUT2D eigenvalue weighted by Gasteiger charge is 2.25. The van der Waals surface area contributed by atoms with E-state index in [2.05, 4.69) is 31.2 Å². The molecule has 2 heterocycles. The number of sulfone groups is 1. The SMILES string of the molecule is CC(C)(C)c1nc(Br)cc(NC2CCCS(=O)(=O)C2)n1. The number of rotatable bonds is 2.